The zero-order chi connectivity index (χ0) is 18.8. The molecule has 1 aliphatic rings. The number of amides is 2. The summed E-state index contributed by atoms with van der Waals surface area (Å²) in [5, 5.41) is 5.59. The third-order valence-corrected chi connectivity index (χ3v) is 5.39. The molecule has 1 atom stereocenters. The van der Waals surface area contributed by atoms with Gasteiger partial charge in [-0.15, -0.1) is 0 Å². The second kappa shape index (κ2) is 7.67. The highest BCUT2D eigenvalue weighted by atomic mass is 16.2. The summed E-state index contributed by atoms with van der Waals surface area (Å²) in [7, 11) is 0. The topological polar surface area (TPSA) is 35.6 Å². The van der Waals surface area contributed by atoms with Crippen LogP contribution >= 0.6 is 0 Å². The molecule has 26 heavy (non-hydrogen) atoms. The van der Waals surface area contributed by atoms with Crippen LogP contribution in [0.2, 0.25) is 0 Å². The number of likely N-dealkylation sites (tertiary alicyclic amines) is 1. The van der Waals surface area contributed by atoms with Crippen LogP contribution in [0.3, 0.4) is 0 Å². The van der Waals surface area contributed by atoms with E-state index in [1.54, 1.807) is 0 Å². The molecule has 0 radical (unpaired) electrons. The van der Waals surface area contributed by atoms with Crippen LogP contribution in [-0.4, -0.2) is 47.0 Å². The predicted octanol–water partition coefficient (Wildman–Crippen LogP) is 4.41. The molecule has 1 heterocycles. The summed E-state index contributed by atoms with van der Waals surface area (Å²) in [5.74, 6) is 0. The molecule has 0 bridgehead atoms. The second-order valence-corrected chi connectivity index (χ2v) is 7.93. The number of carbonyl (C=O) groups excluding carboxylic acids is 1. The minimum Gasteiger partial charge on any atom is -0.331 e. The summed E-state index contributed by atoms with van der Waals surface area (Å²) in [6.45, 7) is 12.6. The Labute approximate surface area is 157 Å². The Morgan fingerprint density at radius 1 is 1.00 bits per heavy atom. The summed E-state index contributed by atoms with van der Waals surface area (Å²) in [6, 6.07) is 16.1. The summed E-state index contributed by atoms with van der Waals surface area (Å²) in [4.78, 5) is 17.1. The molecular weight excluding hydrogens is 322 g/mol. The van der Waals surface area contributed by atoms with Crippen molar-refractivity contribution in [3.63, 3.8) is 0 Å². The van der Waals surface area contributed by atoms with Gasteiger partial charge < -0.3 is 10.2 Å². The van der Waals surface area contributed by atoms with Crippen LogP contribution in [0.15, 0.2) is 42.5 Å². The van der Waals surface area contributed by atoms with Crippen molar-refractivity contribution >= 4 is 16.8 Å². The van der Waals surface area contributed by atoms with Crippen molar-refractivity contribution in [2.24, 2.45) is 0 Å². The van der Waals surface area contributed by atoms with Crippen molar-refractivity contribution in [3.8, 4) is 0 Å². The Hall–Kier alpha value is -2.07. The van der Waals surface area contributed by atoms with Gasteiger partial charge in [0.25, 0.3) is 0 Å². The van der Waals surface area contributed by atoms with E-state index in [1.165, 1.54) is 16.3 Å². The lowest BCUT2D eigenvalue weighted by Gasteiger charge is -2.48. The number of fused-ring (bicyclic) bond motifs is 1. The highest BCUT2D eigenvalue weighted by Crippen LogP contribution is 2.25. The monoisotopic (exact) mass is 353 g/mol. The lowest BCUT2D eigenvalue weighted by Crippen LogP contribution is -2.65. The number of benzene rings is 2. The van der Waals surface area contributed by atoms with Gasteiger partial charge in [0, 0.05) is 31.2 Å². The summed E-state index contributed by atoms with van der Waals surface area (Å²) in [6.07, 6.45) is 0. The largest absolute Gasteiger partial charge is 0.331 e. The van der Waals surface area contributed by atoms with Crippen LogP contribution in [0, 0.1) is 0 Å². The summed E-state index contributed by atoms with van der Waals surface area (Å²) < 4.78 is 0. The van der Waals surface area contributed by atoms with Gasteiger partial charge in [0.2, 0.25) is 0 Å². The van der Waals surface area contributed by atoms with Gasteiger partial charge in [-0.25, -0.2) is 4.79 Å². The number of hydrogen-bond acceptors (Lipinski definition) is 2. The van der Waals surface area contributed by atoms with E-state index in [2.05, 4.69) is 75.2 Å². The van der Waals surface area contributed by atoms with E-state index in [1.807, 2.05) is 17.0 Å². The average Bonchev–Trinajstić information content (AvgIpc) is 2.56. The molecule has 140 valence electrons. The lowest BCUT2D eigenvalue weighted by molar-refractivity contribution is 0.0166. The number of nitrogens with zero attached hydrogens (tertiary/aromatic N) is 2. The Morgan fingerprint density at radius 3 is 2.27 bits per heavy atom. The number of carbonyl (C=O) groups is 1. The number of hydrogen-bond donors (Lipinski definition) is 1. The standard InChI is InChI=1S/C22H31N3O/c1-15(2)25(16(3)4)19-13-24(14-19)22(26)23-17(5)20-12-8-10-18-9-6-7-11-21(18)20/h6-12,15-17,19H,13-14H2,1-5H3,(H,23,26). The molecule has 1 N–H and O–H groups in total. The van der Waals surface area contributed by atoms with Gasteiger partial charge in [-0.3, -0.25) is 4.90 Å². The molecular formula is C22H31N3O. The Morgan fingerprint density at radius 2 is 1.62 bits per heavy atom. The first kappa shape index (κ1) is 18.7. The first-order chi connectivity index (χ1) is 12.4. The quantitative estimate of drug-likeness (QED) is 0.864. The normalized spacial score (nSPS) is 16.4. The number of rotatable bonds is 5. The maximum atomic E-state index is 12.6. The molecule has 2 aromatic carbocycles. The SMILES string of the molecule is CC(NC(=O)N1CC(N(C(C)C)C(C)C)C1)c1cccc2ccccc12. The van der Waals surface area contributed by atoms with Gasteiger partial charge in [0.15, 0.2) is 0 Å². The van der Waals surface area contributed by atoms with Crippen molar-refractivity contribution in [2.75, 3.05) is 13.1 Å². The first-order valence-electron chi connectivity index (χ1n) is 9.69. The third kappa shape index (κ3) is 3.70. The number of urea groups is 1. The van der Waals surface area contributed by atoms with E-state index in [0.29, 0.717) is 18.1 Å². The minimum absolute atomic E-state index is 0.0149. The Bertz CT molecular complexity index is 752. The van der Waals surface area contributed by atoms with E-state index in [-0.39, 0.29) is 12.1 Å². The van der Waals surface area contributed by atoms with Crippen molar-refractivity contribution in [2.45, 2.75) is 58.8 Å². The fraction of sp³-hybridized carbons (Fsp3) is 0.500. The maximum Gasteiger partial charge on any atom is 0.317 e. The van der Waals surface area contributed by atoms with E-state index >= 15 is 0 Å². The first-order valence-corrected chi connectivity index (χ1v) is 9.69. The van der Waals surface area contributed by atoms with Crippen molar-refractivity contribution in [3.05, 3.63) is 48.0 Å². The molecule has 0 spiro atoms. The van der Waals surface area contributed by atoms with E-state index in [4.69, 9.17) is 0 Å². The smallest absolute Gasteiger partial charge is 0.317 e. The minimum atomic E-state index is -0.0149. The molecule has 3 rings (SSSR count). The molecule has 1 unspecified atom stereocenters. The van der Waals surface area contributed by atoms with Gasteiger partial charge in [0.1, 0.15) is 0 Å². The van der Waals surface area contributed by atoms with E-state index < -0.39 is 0 Å². The molecule has 1 fully saturated rings. The van der Waals surface area contributed by atoms with Crippen molar-refractivity contribution in [1.82, 2.24) is 15.1 Å². The second-order valence-electron chi connectivity index (χ2n) is 7.93. The van der Waals surface area contributed by atoms with Crippen LogP contribution in [0.5, 0.6) is 0 Å². The molecule has 2 aromatic rings. The molecule has 0 saturated carbocycles. The Kier molecular flexibility index (Phi) is 5.52. The highest BCUT2D eigenvalue weighted by molar-refractivity contribution is 5.86. The van der Waals surface area contributed by atoms with Crippen molar-refractivity contribution < 1.29 is 4.79 Å². The fourth-order valence-electron chi connectivity index (χ4n) is 4.23. The predicted molar refractivity (Wildman–Crippen MR) is 108 cm³/mol. The van der Waals surface area contributed by atoms with Gasteiger partial charge in [-0.1, -0.05) is 42.5 Å². The summed E-state index contributed by atoms with van der Waals surface area (Å²) in [5.41, 5.74) is 1.17. The van der Waals surface area contributed by atoms with E-state index in [9.17, 15) is 4.79 Å². The van der Waals surface area contributed by atoms with Gasteiger partial charge >= 0.3 is 6.03 Å². The molecule has 4 nitrogen and oxygen atoms in total. The molecule has 1 saturated heterocycles. The number of nitrogens with one attached hydrogen (secondary N) is 1. The molecule has 1 aliphatic heterocycles. The molecule has 2 amide bonds. The zero-order valence-electron chi connectivity index (χ0n) is 16.6. The van der Waals surface area contributed by atoms with Gasteiger partial charge in [-0.05, 0) is 51.0 Å². The summed E-state index contributed by atoms with van der Waals surface area (Å²) >= 11 is 0. The van der Waals surface area contributed by atoms with E-state index in [0.717, 1.165) is 13.1 Å². The Balaban J connectivity index is 1.62. The van der Waals surface area contributed by atoms with Crippen molar-refractivity contribution in [1.29, 1.82) is 0 Å². The average molecular weight is 354 g/mol. The molecule has 0 aromatic heterocycles. The van der Waals surface area contributed by atoms with Crippen LogP contribution in [0.1, 0.15) is 46.2 Å². The van der Waals surface area contributed by atoms with Crippen LogP contribution < -0.4 is 5.32 Å². The van der Waals surface area contributed by atoms with Crippen LogP contribution in [0.25, 0.3) is 10.8 Å². The van der Waals surface area contributed by atoms with Crippen LogP contribution in [0.4, 0.5) is 4.79 Å². The van der Waals surface area contributed by atoms with Gasteiger partial charge in [0.05, 0.1) is 6.04 Å². The third-order valence-electron chi connectivity index (χ3n) is 5.39. The van der Waals surface area contributed by atoms with Gasteiger partial charge in [-0.2, -0.15) is 0 Å². The lowest BCUT2D eigenvalue weighted by atomic mass is 9.99. The molecule has 0 aliphatic carbocycles. The fourth-order valence-corrected chi connectivity index (χ4v) is 4.23. The van der Waals surface area contributed by atoms with Crippen LogP contribution in [-0.2, 0) is 0 Å². The maximum absolute atomic E-state index is 12.6. The molecule has 4 heteroatoms. The highest BCUT2D eigenvalue weighted by Gasteiger charge is 2.37. The zero-order valence-corrected chi connectivity index (χ0v) is 16.6.